The van der Waals surface area contributed by atoms with Crippen molar-refractivity contribution in [3.05, 3.63) is 27.6 Å². The first-order valence-corrected chi connectivity index (χ1v) is 8.05. The number of carbonyl (C=O) groups is 1. The normalized spacial score (nSPS) is 20.3. The minimum absolute atomic E-state index is 0.232. The van der Waals surface area contributed by atoms with E-state index < -0.39 is 12.0 Å². The molecule has 0 spiro atoms. The molecule has 7 nitrogen and oxygen atoms in total. The van der Waals surface area contributed by atoms with E-state index in [9.17, 15) is 14.7 Å². The van der Waals surface area contributed by atoms with Gasteiger partial charge in [0, 0.05) is 30.7 Å². The summed E-state index contributed by atoms with van der Waals surface area (Å²) in [5, 5.41) is 13.1. The summed E-state index contributed by atoms with van der Waals surface area (Å²) < 4.78 is 1.24. The van der Waals surface area contributed by atoms with Crippen molar-refractivity contribution < 1.29 is 9.90 Å². The van der Waals surface area contributed by atoms with Gasteiger partial charge in [-0.2, -0.15) is 21.4 Å². The summed E-state index contributed by atoms with van der Waals surface area (Å²) >= 11 is 2.92. The number of rotatable bonds is 3. The molecule has 0 radical (unpaired) electrons. The van der Waals surface area contributed by atoms with E-state index in [-0.39, 0.29) is 5.56 Å². The Balaban J connectivity index is 1.87. The third kappa shape index (κ3) is 2.56. The third-order valence-electron chi connectivity index (χ3n) is 3.13. The predicted octanol–water partition coefficient (Wildman–Crippen LogP) is 0.153. The van der Waals surface area contributed by atoms with E-state index in [0.29, 0.717) is 29.5 Å². The van der Waals surface area contributed by atoms with Gasteiger partial charge in [-0.3, -0.25) is 14.5 Å². The van der Waals surface area contributed by atoms with Gasteiger partial charge in [-0.05, 0) is 0 Å². The van der Waals surface area contributed by atoms with Gasteiger partial charge in [0.15, 0.2) is 0 Å². The topological polar surface area (TPSA) is 87.8 Å². The Labute approximate surface area is 122 Å². The quantitative estimate of drug-likeness (QED) is 0.863. The minimum Gasteiger partial charge on any atom is -0.480 e. The summed E-state index contributed by atoms with van der Waals surface area (Å²) in [6.45, 7) is 1.06. The SMILES string of the molecule is O=C(O)C1CSCCN1Cc1cc(=O)n2ncsc2n1. The van der Waals surface area contributed by atoms with Crippen molar-refractivity contribution in [2.75, 3.05) is 18.1 Å². The molecule has 1 N–H and O–H groups in total. The summed E-state index contributed by atoms with van der Waals surface area (Å²) in [6.07, 6.45) is 0. The highest BCUT2D eigenvalue weighted by molar-refractivity contribution is 7.99. The predicted molar refractivity (Wildman–Crippen MR) is 76.3 cm³/mol. The van der Waals surface area contributed by atoms with E-state index in [4.69, 9.17) is 0 Å². The van der Waals surface area contributed by atoms with Crippen LogP contribution in [0.2, 0.25) is 0 Å². The molecule has 20 heavy (non-hydrogen) atoms. The molecule has 106 valence electrons. The maximum absolute atomic E-state index is 11.8. The van der Waals surface area contributed by atoms with Crippen LogP contribution in [0.4, 0.5) is 0 Å². The van der Waals surface area contributed by atoms with E-state index >= 15 is 0 Å². The molecule has 1 aliphatic rings. The van der Waals surface area contributed by atoms with Gasteiger partial charge in [-0.1, -0.05) is 11.3 Å². The zero-order valence-electron chi connectivity index (χ0n) is 10.4. The van der Waals surface area contributed by atoms with Crippen LogP contribution < -0.4 is 5.56 Å². The highest BCUT2D eigenvalue weighted by Gasteiger charge is 2.29. The van der Waals surface area contributed by atoms with Gasteiger partial charge >= 0.3 is 5.97 Å². The molecule has 2 aromatic rings. The van der Waals surface area contributed by atoms with Gasteiger partial charge in [0.25, 0.3) is 5.56 Å². The Bertz CT molecular complexity index is 698. The summed E-state index contributed by atoms with van der Waals surface area (Å²) in [4.78, 5) is 29.8. The van der Waals surface area contributed by atoms with E-state index in [2.05, 4.69) is 10.1 Å². The Hall–Kier alpha value is -1.45. The molecule has 1 saturated heterocycles. The smallest absolute Gasteiger partial charge is 0.321 e. The highest BCUT2D eigenvalue weighted by atomic mass is 32.2. The molecule has 0 bridgehead atoms. The van der Waals surface area contributed by atoms with Crippen molar-refractivity contribution in [3.63, 3.8) is 0 Å². The second-order valence-electron chi connectivity index (χ2n) is 4.42. The van der Waals surface area contributed by atoms with Gasteiger partial charge in [-0.15, -0.1) is 0 Å². The molecule has 9 heteroatoms. The Morgan fingerprint density at radius 2 is 2.40 bits per heavy atom. The molecule has 3 heterocycles. The zero-order valence-corrected chi connectivity index (χ0v) is 12.1. The molecule has 2 aromatic heterocycles. The van der Waals surface area contributed by atoms with Crippen LogP contribution in [-0.2, 0) is 11.3 Å². The average Bonchev–Trinajstić information content (AvgIpc) is 2.88. The molecule has 3 rings (SSSR count). The minimum atomic E-state index is -0.826. The first-order chi connectivity index (χ1) is 9.65. The van der Waals surface area contributed by atoms with Crippen LogP contribution in [-0.4, -0.2) is 54.7 Å². The van der Waals surface area contributed by atoms with Crippen LogP contribution in [0.1, 0.15) is 5.69 Å². The molecule has 1 aliphatic heterocycles. The van der Waals surface area contributed by atoms with Crippen LogP contribution in [0, 0.1) is 0 Å². The number of carboxylic acids is 1. The third-order valence-corrected chi connectivity index (χ3v) is 4.83. The van der Waals surface area contributed by atoms with E-state index in [0.717, 1.165) is 5.75 Å². The summed E-state index contributed by atoms with van der Waals surface area (Å²) in [7, 11) is 0. The van der Waals surface area contributed by atoms with Crippen molar-refractivity contribution in [1.29, 1.82) is 0 Å². The summed E-state index contributed by atoms with van der Waals surface area (Å²) in [6, 6.07) is 0.906. The lowest BCUT2D eigenvalue weighted by Gasteiger charge is -2.32. The fourth-order valence-corrected chi connectivity index (χ4v) is 3.89. The molecule has 1 atom stereocenters. The largest absolute Gasteiger partial charge is 0.480 e. The lowest BCUT2D eigenvalue weighted by atomic mass is 10.2. The number of aromatic nitrogens is 3. The zero-order chi connectivity index (χ0) is 14.1. The molecular formula is C11H12N4O3S2. The molecule has 0 aromatic carbocycles. The van der Waals surface area contributed by atoms with Crippen molar-refractivity contribution in [2.45, 2.75) is 12.6 Å². The Morgan fingerprint density at radius 1 is 1.55 bits per heavy atom. The van der Waals surface area contributed by atoms with Gasteiger partial charge in [0.1, 0.15) is 11.6 Å². The average molecular weight is 312 g/mol. The van der Waals surface area contributed by atoms with Crippen LogP contribution in [0.3, 0.4) is 0 Å². The molecule has 0 saturated carbocycles. The van der Waals surface area contributed by atoms with Crippen molar-refractivity contribution >= 4 is 34.0 Å². The fraction of sp³-hybridized carbons (Fsp3) is 0.455. The number of thioether (sulfide) groups is 1. The maximum Gasteiger partial charge on any atom is 0.321 e. The lowest BCUT2D eigenvalue weighted by molar-refractivity contribution is -0.142. The number of fused-ring (bicyclic) bond motifs is 1. The van der Waals surface area contributed by atoms with Crippen LogP contribution in [0.25, 0.3) is 4.96 Å². The van der Waals surface area contributed by atoms with Crippen molar-refractivity contribution in [1.82, 2.24) is 19.5 Å². The number of aliphatic carboxylic acids is 1. The van der Waals surface area contributed by atoms with Crippen LogP contribution in [0.15, 0.2) is 16.4 Å². The first-order valence-electron chi connectivity index (χ1n) is 6.02. The second-order valence-corrected chi connectivity index (χ2v) is 6.38. The van der Waals surface area contributed by atoms with Crippen LogP contribution in [0.5, 0.6) is 0 Å². The molecule has 0 aliphatic carbocycles. The molecule has 1 fully saturated rings. The molecular weight excluding hydrogens is 300 g/mol. The first kappa shape index (κ1) is 13.5. The highest BCUT2D eigenvalue weighted by Crippen LogP contribution is 2.18. The standard InChI is InChI=1S/C11H12N4O3S2/c16-9-3-7(13-11-15(9)12-6-20-11)4-14-1-2-19-5-8(14)10(17)18/h3,6,8H,1-2,4-5H2,(H,17,18). The van der Waals surface area contributed by atoms with Crippen LogP contribution >= 0.6 is 23.1 Å². The van der Waals surface area contributed by atoms with Gasteiger partial charge in [-0.25, -0.2) is 4.98 Å². The van der Waals surface area contributed by atoms with E-state index in [1.54, 1.807) is 17.3 Å². The number of hydrogen-bond donors (Lipinski definition) is 1. The van der Waals surface area contributed by atoms with Crippen molar-refractivity contribution in [2.24, 2.45) is 0 Å². The Morgan fingerprint density at radius 3 is 3.20 bits per heavy atom. The van der Waals surface area contributed by atoms with Gasteiger partial charge in [0.2, 0.25) is 4.96 Å². The number of carboxylic acid groups (broad SMARTS) is 1. The second kappa shape index (κ2) is 5.51. The number of hydrogen-bond acceptors (Lipinski definition) is 7. The monoisotopic (exact) mass is 312 g/mol. The van der Waals surface area contributed by atoms with Gasteiger partial charge < -0.3 is 5.11 Å². The summed E-state index contributed by atoms with van der Waals surface area (Å²) in [5.41, 5.74) is 1.92. The van der Waals surface area contributed by atoms with Crippen molar-refractivity contribution in [3.8, 4) is 0 Å². The summed E-state index contributed by atoms with van der Waals surface area (Å²) in [5.74, 6) is 0.635. The Kier molecular flexibility index (Phi) is 3.72. The maximum atomic E-state index is 11.8. The molecule has 0 amide bonds. The molecule has 1 unspecified atom stereocenters. The fourth-order valence-electron chi connectivity index (χ4n) is 2.14. The number of nitrogens with zero attached hydrogens (tertiary/aromatic N) is 4. The lowest BCUT2D eigenvalue weighted by Crippen LogP contribution is -2.46. The van der Waals surface area contributed by atoms with E-state index in [1.807, 2.05) is 4.90 Å². The van der Waals surface area contributed by atoms with E-state index in [1.165, 1.54) is 21.9 Å². The van der Waals surface area contributed by atoms with Gasteiger partial charge in [0.05, 0.1) is 5.69 Å².